The zero-order valence-electron chi connectivity index (χ0n) is 35.9. The molecule has 4 aromatic heterocycles. The first-order valence-electron chi connectivity index (χ1n) is 21.3. The summed E-state index contributed by atoms with van der Waals surface area (Å²) >= 11 is 1.54. The van der Waals surface area contributed by atoms with Crippen LogP contribution in [0, 0.1) is 19.8 Å². The van der Waals surface area contributed by atoms with Crippen LogP contribution in [-0.2, 0) is 20.9 Å². The first-order valence-corrected chi connectivity index (χ1v) is 22.2. The van der Waals surface area contributed by atoms with E-state index in [2.05, 4.69) is 36.1 Å². The number of anilines is 1. The zero-order chi connectivity index (χ0) is 44.6. The Balaban J connectivity index is 0.935. The second kappa shape index (κ2) is 20.2. The third kappa shape index (κ3) is 10.8. The molecule has 4 atom stereocenters. The summed E-state index contributed by atoms with van der Waals surface area (Å²) in [5.74, 6) is -1.04. The predicted molar refractivity (Wildman–Crippen MR) is 239 cm³/mol. The van der Waals surface area contributed by atoms with Gasteiger partial charge in [0, 0.05) is 55.0 Å². The molecule has 63 heavy (non-hydrogen) atoms. The van der Waals surface area contributed by atoms with E-state index in [1.165, 1.54) is 4.90 Å². The third-order valence-corrected chi connectivity index (χ3v) is 12.3. The number of benzene rings is 2. The van der Waals surface area contributed by atoms with Gasteiger partial charge in [0.05, 0.1) is 52.2 Å². The summed E-state index contributed by atoms with van der Waals surface area (Å²) in [5, 5.41) is 43.9. The molecule has 4 unspecified atom stereocenters. The van der Waals surface area contributed by atoms with Crippen molar-refractivity contribution < 1.29 is 29.1 Å². The molecule has 0 aliphatic carbocycles. The molecule has 0 saturated carbocycles. The number of hydrogen-bond acceptors (Lipinski definition) is 13. The average molecular weight is 875 g/mol. The molecule has 3 amide bonds. The maximum absolute atomic E-state index is 14.1. The van der Waals surface area contributed by atoms with Crippen LogP contribution in [0.25, 0.3) is 32.8 Å². The molecule has 0 spiro atoms. The standard InChI is InChI=1S/C46H54N10O6S/c1-27(2)42(40-19-28(3)54-62-40)46(61)56-25-33(57)20-38(56)45(60)51-36(30-13-15-31(16-14-30)43-29(4)49-26-63-43)22-41(59)48-17-9-5-6-10-18-55-24-32(23-50-55)35-21-37(52-53-44(35)47)34-11-7-8-12-39(34)58/h7-8,11-16,19,21,23-24,26-27,33,36,38,42,57-58H,5-6,9-10,17-18,20,22,25H2,1-4H3,(H2,47,53)(H,48,59)(H,51,60). The number of aryl methyl sites for hydroxylation is 3. The number of nitrogens with zero attached hydrogens (tertiary/aromatic N) is 7. The minimum Gasteiger partial charge on any atom is -0.507 e. The number of phenols is 1. The highest BCUT2D eigenvalue weighted by Crippen LogP contribution is 2.34. The van der Waals surface area contributed by atoms with Crippen LogP contribution >= 0.6 is 11.3 Å². The maximum Gasteiger partial charge on any atom is 0.243 e. The Hall–Kier alpha value is -6.46. The van der Waals surface area contributed by atoms with E-state index in [4.69, 9.17) is 10.3 Å². The summed E-state index contributed by atoms with van der Waals surface area (Å²) in [6.07, 6.45) is 6.26. The van der Waals surface area contributed by atoms with E-state index in [1.54, 1.807) is 60.3 Å². The van der Waals surface area contributed by atoms with Crippen molar-refractivity contribution in [3.8, 4) is 38.6 Å². The molecule has 1 fully saturated rings. The van der Waals surface area contributed by atoms with Crippen molar-refractivity contribution in [1.82, 2.24) is 45.7 Å². The van der Waals surface area contributed by atoms with Gasteiger partial charge in [-0.25, -0.2) is 4.98 Å². The minimum atomic E-state index is -0.940. The summed E-state index contributed by atoms with van der Waals surface area (Å²) in [5.41, 5.74) is 13.8. The molecule has 16 nitrogen and oxygen atoms in total. The number of nitrogen functional groups attached to an aromatic ring is 1. The zero-order valence-corrected chi connectivity index (χ0v) is 36.7. The number of para-hydroxylation sites is 1. The lowest BCUT2D eigenvalue weighted by atomic mass is 9.91. The fourth-order valence-corrected chi connectivity index (χ4v) is 8.84. The molecule has 5 heterocycles. The maximum atomic E-state index is 14.1. The topological polar surface area (TPSA) is 228 Å². The Labute approximate surface area is 369 Å². The van der Waals surface area contributed by atoms with E-state index < -0.39 is 30.0 Å². The van der Waals surface area contributed by atoms with Gasteiger partial charge < -0.3 is 36.0 Å². The van der Waals surface area contributed by atoms with Crippen LogP contribution in [0.15, 0.2) is 83.1 Å². The van der Waals surface area contributed by atoms with E-state index in [1.807, 2.05) is 62.0 Å². The van der Waals surface area contributed by atoms with Crippen molar-refractivity contribution >= 4 is 34.9 Å². The Morgan fingerprint density at radius 3 is 2.48 bits per heavy atom. The highest BCUT2D eigenvalue weighted by Gasteiger charge is 2.43. The highest BCUT2D eigenvalue weighted by atomic mass is 32.1. The molecular weight excluding hydrogens is 821 g/mol. The Kier molecular flexibility index (Phi) is 14.3. The summed E-state index contributed by atoms with van der Waals surface area (Å²) < 4.78 is 7.35. The van der Waals surface area contributed by atoms with Gasteiger partial charge >= 0.3 is 0 Å². The number of carbonyl (C=O) groups excluding carboxylic acids is 3. The number of amides is 3. The Bertz CT molecular complexity index is 2520. The molecule has 6 N–H and O–H groups in total. The van der Waals surface area contributed by atoms with E-state index in [9.17, 15) is 24.6 Å². The normalized spacial score (nSPS) is 16.0. The largest absolute Gasteiger partial charge is 0.507 e. The minimum absolute atomic E-state index is 0.00541. The van der Waals surface area contributed by atoms with Crippen LogP contribution in [0.3, 0.4) is 0 Å². The number of rotatable bonds is 18. The molecule has 0 radical (unpaired) electrons. The first kappa shape index (κ1) is 44.6. The van der Waals surface area contributed by atoms with Crippen molar-refractivity contribution in [3.63, 3.8) is 0 Å². The van der Waals surface area contributed by atoms with Crippen molar-refractivity contribution in [3.05, 3.63) is 101 Å². The number of carbonyl (C=O) groups is 3. The number of hydrogen-bond donors (Lipinski definition) is 5. The monoisotopic (exact) mass is 874 g/mol. The van der Waals surface area contributed by atoms with Crippen molar-refractivity contribution in [1.29, 1.82) is 0 Å². The van der Waals surface area contributed by atoms with E-state index in [-0.39, 0.29) is 48.7 Å². The summed E-state index contributed by atoms with van der Waals surface area (Å²) in [6, 6.07) is 16.5. The Morgan fingerprint density at radius 2 is 1.76 bits per heavy atom. The van der Waals surface area contributed by atoms with E-state index in [0.29, 0.717) is 41.4 Å². The van der Waals surface area contributed by atoms with Crippen molar-refractivity contribution in [2.45, 2.75) is 96.9 Å². The van der Waals surface area contributed by atoms with Gasteiger partial charge in [-0.05, 0) is 61.9 Å². The number of aromatic nitrogens is 6. The fraction of sp³-hybridized carbons (Fsp3) is 0.391. The van der Waals surface area contributed by atoms with Gasteiger partial charge in [-0.3, -0.25) is 19.1 Å². The molecule has 2 aromatic carbocycles. The number of thiazole rings is 1. The molecule has 17 heteroatoms. The molecular formula is C46H54N10O6S. The van der Waals surface area contributed by atoms with Crippen LogP contribution in [0.4, 0.5) is 5.82 Å². The van der Waals surface area contributed by atoms with Crippen molar-refractivity contribution in [2.75, 3.05) is 18.8 Å². The van der Waals surface area contributed by atoms with Gasteiger partial charge in [0.2, 0.25) is 17.7 Å². The average Bonchev–Trinajstić information content (AvgIpc) is 4.09. The van der Waals surface area contributed by atoms with Crippen LogP contribution < -0.4 is 16.4 Å². The number of phenolic OH excluding ortho intramolecular Hbond substituents is 1. The summed E-state index contributed by atoms with van der Waals surface area (Å²) in [4.78, 5) is 48.5. The predicted octanol–water partition coefficient (Wildman–Crippen LogP) is 6.35. The fourth-order valence-electron chi connectivity index (χ4n) is 8.03. The second-order valence-electron chi connectivity index (χ2n) is 16.4. The number of nitrogens with two attached hydrogens (primary N) is 1. The number of unbranched alkanes of at least 4 members (excludes halogenated alkanes) is 3. The Morgan fingerprint density at radius 1 is 0.984 bits per heavy atom. The number of aromatic hydroxyl groups is 1. The summed E-state index contributed by atoms with van der Waals surface area (Å²) in [7, 11) is 0. The van der Waals surface area contributed by atoms with Crippen LogP contribution in [0.5, 0.6) is 5.75 Å². The lowest BCUT2D eigenvalue weighted by Crippen LogP contribution is -2.49. The number of aliphatic hydroxyl groups is 1. The lowest BCUT2D eigenvalue weighted by molar-refractivity contribution is -0.141. The van der Waals surface area contributed by atoms with Crippen LogP contribution in [0.2, 0.25) is 0 Å². The van der Waals surface area contributed by atoms with Gasteiger partial charge in [-0.2, -0.15) is 5.10 Å². The molecule has 1 aliphatic heterocycles. The number of nitrogens with one attached hydrogen (secondary N) is 2. The molecule has 330 valence electrons. The molecule has 0 bridgehead atoms. The van der Waals surface area contributed by atoms with Gasteiger partial charge in [-0.1, -0.05) is 68.2 Å². The number of aliphatic hydroxyl groups excluding tert-OH is 1. The smallest absolute Gasteiger partial charge is 0.243 e. The van der Waals surface area contributed by atoms with Crippen LogP contribution in [0.1, 0.15) is 87.0 Å². The van der Waals surface area contributed by atoms with Gasteiger partial charge in [0.15, 0.2) is 5.82 Å². The number of likely N-dealkylation sites (tertiary alicyclic amines) is 1. The molecule has 6 aromatic rings. The van der Waals surface area contributed by atoms with E-state index in [0.717, 1.165) is 52.9 Å². The lowest BCUT2D eigenvalue weighted by Gasteiger charge is -2.30. The van der Waals surface area contributed by atoms with Gasteiger partial charge in [0.1, 0.15) is 23.5 Å². The highest BCUT2D eigenvalue weighted by molar-refractivity contribution is 7.13. The summed E-state index contributed by atoms with van der Waals surface area (Å²) in [6.45, 7) is 8.71. The first-order chi connectivity index (χ1) is 30.4. The molecule has 7 rings (SSSR count). The molecule has 1 saturated heterocycles. The second-order valence-corrected chi connectivity index (χ2v) is 17.3. The SMILES string of the molecule is Cc1cc(C(C(=O)N2CC(O)CC2C(=O)NC(CC(=O)NCCCCCCn2cc(-c3cc(-c4ccccc4O)nnc3N)cn2)c2ccc(-c3scnc3C)cc2)C(C)C)on1. The quantitative estimate of drug-likeness (QED) is 0.0596. The van der Waals surface area contributed by atoms with E-state index >= 15 is 0 Å². The van der Waals surface area contributed by atoms with Gasteiger partial charge in [0.25, 0.3) is 0 Å². The van der Waals surface area contributed by atoms with Gasteiger partial charge in [-0.15, -0.1) is 21.5 Å². The van der Waals surface area contributed by atoms with Crippen LogP contribution in [-0.4, -0.2) is 88.2 Å². The third-order valence-electron chi connectivity index (χ3n) is 11.4. The number of β-amino-alcohol motifs (C(OH)–C–C–N with tert-alkyl or cyclic N) is 1. The van der Waals surface area contributed by atoms with Crippen molar-refractivity contribution in [2.24, 2.45) is 5.92 Å². The molecule has 1 aliphatic rings.